The molecule has 2 aliphatic rings. The van der Waals surface area contributed by atoms with Crippen LogP contribution >= 0.6 is 0 Å². The molecule has 3 nitrogen and oxygen atoms in total. The summed E-state index contributed by atoms with van der Waals surface area (Å²) in [5.41, 5.74) is 5.77. The fourth-order valence-corrected chi connectivity index (χ4v) is 3.74. The molecule has 0 bridgehead atoms. The van der Waals surface area contributed by atoms with Crippen molar-refractivity contribution >= 4 is 0 Å². The van der Waals surface area contributed by atoms with Gasteiger partial charge in [0.05, 0.1) is 18.3 Å². The van der Waals surface area contributed by atoms with E-state index in [-0.39, 0.29) is 5.60 Å². The smallest absolute Gasteiger partial charge is 0.127 e. The first-order chi connectivity index (χ1) is 14.8. The van der Waals surface area contributed by atoms with E-state index in [2.05, 4.69) is 60.4 Å². The lowest BCUT2D eigenvalue weighted by molar-refractivity contribution is 0.0171. The number of pyridine rings is 1. The van der Waals surface area contributed by atoms with E-state index in [9.17, 15) is 0 Å². The summed E-state index contributed by atoms with van der Waals surface area (Å²) in [6, 6.07) is 18.9. The third-order valence-corrected chi connectivity index (χ3v) is 5.78. The Morgan fingerprint density at radius 2 is 1.67 bits per heavy atom. The minimum Gasteiger partial charge on any atom is -0.490 e. The molecule has 2 saturated carbocycles. The van der Waals surface area contributed by atoms with E-state index in [0.29, 0.717) is 12.7 Å². The quantitative estimate of drug-likeness (QED) is 0.435. The Bertz CT molecular complexity index is 989. The maximum atomic E-state index is 6.51. The van der Waals surface area contributed by atoms with Crippen LogP contribution in [-0.4, -0.2) is 11.1 Å². The molecule has 2 aromatic carbocycles. The Morgan fingerprint density at radius 1 is 0.933 bits per heavy atom. The van der Waals surface area contributed by atoms with E-state index in [1.807, 2.05) is 32.3 Å². The minimum atomic E-state index is -0.238. The lowest BCUT2D eigenvalue weighted by Crippen LogP contribution is -2.14. The maximum Gasteiger partial charge on any atom is 0.127 e. The average molecular weight is 402 g/mol. The number of para-hydroxylation sites is 1. The Morgan fingerprint density at radius 3 is 2.40 bits per heavy atom. The number of aromatic nitrogens is 1. The molecule has 156 valence electrons. The highest BCUT2D eigenvalue weighted by atomic mass is 16.5. The van der Waals surface area contributed by atoms with Gasteiger partial charge < -0.3 is 9.47 Å². The van der Waals surface area contributed by atoms with E-state index in [1.165, 1.54) is 22.3 Å². The molecular formula is C27H31NO2. The molecule has 3 heteroatoms. The van der Waals surface area contributed by atoms with E-state index in [4.69, 9.17) is 9.47 Å². The summed E-state index contributed by atoms with van der Waals surface area (Å²) in [5.74, 6) is 0.965. The van der Waals surface area contributed by atoms with Gasteiger partial charge in [-0.3, -0.25) is 4.98 Å². The Labute approximate surface area is 180 Å². The zero-order valence-electron chi connectivity index (χ0n) is 18.2. The van der Waals surface area contributed by atoms with E-state index in [0.717, 1.165) is 37.0 Å². The van der Waals surface area contributed by atoms with Crippen molar-refractivity contribution in [3.63, 3.8) is 0 Å². The van der Waals surface area contributed by atoms with Crippen LogP contribution in [0.25, 0.3) is 11.1 Å². The summed E-state index contributed by atoms with van der Waals surface area (Å²) in [4.78, 5) is 4.43. The molecule has 0 radical (unpaired) electrons. The van der Waals surface area contributed by atoms with Crippen molar-refractivity contribution in [3.05, 3.63) is 83.7 Å². The summed E-state index contributed by atoms with van der Waals surface area (Å²) >= 11 is 0. The van der Waals surface area contributed by atoms with Gasteiger partial charge in [0.15, 0.2) is 0 Å². The van der Waals surface area contributed by atoms with Crippen LogP contribution in [0.5, 0.6) is 5.75 Å². The predicted molar refractivity (Wildman–Crippen MR) is 122 cm³/mol. The largest absolute Gasteiger partial charge is 0.490 e. The Balaban J connectivity index is 0.00000106. The summed E-state index contributed by atoms with van der Waals surface area (Å²) in [7, 11) is 0. The van der Waals surface area contributed by atoms with Crippen molar-refractivity contribution in [2.24, 2.45) is 0 Å². The van der Waals surface area contributed by atoms with Gasteiger partial charge in [0.2, 0.25) is 0 Å². The number of hydrogen-bond donors (Lipinski definition) is 0. The zero-order chi connectivity index (χ0) is 21.0. The van der Waals surface area contributed by atoms with Gasteiger partial charge in [-0.1, -0.05) is 56.3 Å². The topological polar surface area (TPSA) is 31.4 Å². The second-order valence-corrected chi connectivity index (χ2v) is 7.94. The molecule has 0 saturated heterocycles. The fourth-order valence-electron chi connectivity index (χ4n) is 3.74. The van der Waals surface area contributed by atoms with Gasteiger partial charge in [0, 0.05) is 23.5 Å². The van der Waals surface area contributed by atoms with Crippen molar-refractivity contribution < 1.29 is 9.47 Å². The molecule has 0 atom stereocenters. The van der Waals surface area contributed by atoms with Crippen molar-refractivity contribution in [2.45, 2.75) is 64.8 Å². The third-order valence-electron chi connectivity index (χ3n) is 5.78. The maximum absolute atomic E-state index is 6.51. The first-order valence-electron chi connectivity index (χ1n) is 11.1. The number of nitrogens with zero attached hydrogens (tertiary/aromatic N) is 1. The summed E-state index contributed by atoms with van der Waals surface area (Å²) in [6.07, 6.45) is 8.59. The lowest BCUT2D eigenvalue weighted by atomic mass is 9.96. The number of rotatable bonds is 7. The number of ether oxygens (including phenoxy) is 2. The molecule has 5 rings (SSSR count). The highest BCUT2D eigenvalue weighted by Gasteiger charge is 2.47. The van der Waals surface area contributed by atoms with Crippen molar-refractivity contribution in [3.8, 4) is 16.9 Å². The summed E-state index contributed by atoms with van der Waals surface area (Å²) in [6.45, 7) is 6.76. The normalized spacial score (nSPS) is 16.4. The standard InChI is InChI=1S/C25H25NO2.C2H6/c1-18-6-2-3-7-19(18)17-27-25(13-14-25)23-16-26-15-12-21(23)22-8-4-5-9-24(22)28-20-10-11-20;1-2/h2-9,12,15-16,20H,10-11,13-14,17H2,1H3;1-2H3. The molecule has 2 aliphatic carbocycles. The molecule has 1 heterocycles. The van der Waals surface area contributed by atoms with Gasteiger partial charge in [0.1, 0.15) is 5.75 Å². The Hall–Kier alpha value is -2.65. The van der Waals surface area contributed by atoms with Gasteiger partial charge in [-0.2, -0.15) is 0 Å². The van der Waals surface area contributed by atoms with Crippen LogP contribution in [0.4, 0.5) is 0 Å². The monoisotopic (exact) mass is 401 g/mol. The van der Waals surface area contributed by atoms with E-state index >= 15 is 0 Å². The molecule has 2 fully saturated rings. The summed E-state index contributed by atoms with van der Waals surface area (Å²) in [5, 5.41) is 0. The van der Waals surface area contributed by atoms with Crippen molar-refractivity contribution in [1.29, 1.82) is 0 Å². The molecular weight excluding hydrogens is 370 g/mol. The van der Waals surface area contributed by atoms with Gasteiger partial charge in [-0.05, 0) is 61.4 Å². The molecule has 1 aromatic heterocycles. The first kappa shape index (κ1) is 20.6. The fraction of sp³-hybridized carbons (Fsp3) is 0.370. The van der Waals surface area contributed by atoms with Crippen LogP contribution in [0.3, 0.4) is 0 Å². The minimum absolute atomic E-state index is 0.238. The third kappa shape index (κ3) is 4.41. The second-order valence-electron chi connectivity index (χ2n) is 7.94. The van der Waals surface area contributed by atoms with Crippen LogP contribution in [-0.2, 0) is 16.9 Å². The molecule has 0 aliphatic heterocycles. The molecule has 0 unspecified atom stereocenters. The van der Waals surface area contributed by atoms with Crippen molar-refractivity contribution in [2.75, 3.05) is 0 Å². The highest BCUT2D eigenvalue weighted by molar-refractivity contribution is 5.74. The lowest BCUT2D eigenvalue weighted by Gasteiger charge is -2.22. The number of hydrogen-bond acceptors (Lipinski definition) is 3. The van der Waals surface area contributed by atoms with Crippen LogP contribution in [0.15, 0.2) is 67.0 Å². The van der Waals surface area contributed by atoms with Crippen LogP contribution in [0.2, 0.25) is 0 Å². The molecule has 0 amide bonds. The first-order valence-corrected chi connectivity index (χ1v) is 11.1. The van der Waals surface area contributed by atoms with Crippen molar-refractivity contribution in [1.82, 2.24) is 4.98 Å². The van der Waals surface area contributed by atoms with Crippen LogP contribution in [0.1, 0.15) is 56.2 Å². The van der Waals surface area contributed by atoms with Gasteiger partial charge in [0.25, 0.3) is 0 Å². The van der Waals surface area contributed by atoms with Crippen LogP contribution in [0, 0.1) is 6.92 Å². The van der Waals surface area contributed by atoms with E-state index < -0.39 is 0 Å². The van der Waals surface area contributed by atoms with E-state index in [1.54, 1.807) is 0 Å². The molecule has 0 spiro atoms. The molecule has 30 heavy (non-hydrogen) atoms. The molecule has 0 N–H and O–H groups in total. The summed E-state index contributed by atoms with van der Waals surface area (Å²) < 4.78 is 12.7. The van der Waals surface area contributed by atoms with Gasteiger partial charge in [-0.15, -0.1) is 0 Å². The Kier molecular flexibility index (Phi) is 6.19. The van der Waals surface area contributed by atoms with Crippen LogP contribution < -0.4 is 4.74 Å². The number of aryl methyl sites for hydroxylation is 1. The van der Waals surface area contributed by atoms with Gasteiger partial charge in [-0.25, -0.2) is 0 Å². The SMILES string of the molecule is CC.Cc1ccccc1COC1(c2cnccc2-c2ccccc2OC2CC2)CC1. The zero-order valence-corrected chi connectivity index (χ0v) is 18.2. The number of benzene rings is 2. The highest BCUT2D eigenvalue weighted by Crippen LogP contribution is 2.53. The predicted octanol–water partition coefficient (Wildman–Crippen LogP) is 6.83. The van der Waals surface area contributed by atoms with Gasteiger partial charge >= 0.3 is 0 Å². The molecule has 3 aromatic rings. The second kappa shape index (κ2) is 9.01. The average Bonchev–Trinajstić information content (AvgIpc) is 3.72.